The second-order valence-electron chi connectivity index (χ2n) is 4.30. The number of hydrogen-bond acceptors (Lipinski definition) is 4. The average Bonchev–Trinajstić information content (AvgIpc) is 2.35. The Hall–Kier alpha value is -1.78. The first kappa shape index (κ1) is 14.3. The highest BCUT2D eigenvalue weighted by Crippen LogP contribution is 2.28. The molecule has 2 N–H and O–H groups in total. The molecule has 0 heterocycles. The predicted molar refractivity (Wildman–Crippen MR) is 72.0 cm³/mol. The van der Waals surface area contributed by atoms with E-state index in [1.54, 1.807) is 6.07 Å². The molecule has 5 heteroatoms. The van der Waals surface area contributed by atoms with Crippen molar-refractivity contribution in [2.75, 3.05) is 11.9 Å². The van der Waals surface area contributed by atoms with E-state index < -0.39 is 4.92 Å². The van der Waals surface area contributed by atoms with Crippen LogP contribution in [0.3, 0.4) is 0 Å². The number of nitro benzene ring substituents is 1. The summed E-state index contributed by atoms with van der Waals surface area (Å²) in [6, 6.07) is 4.16. The highest BCUT2D eigenvalue weighted by molar-refractivity contribution is 5.63. The van der Waals surface area contributed by atoms with Gasteiger partial charge in [0.25, 0.3) is 5.69 Å². The molecule has 0 amide bonds. The van der Waals surface area contributed by atoms with E-state index in [9.17, 15) is 15.2 Å². The van der Waals surface area contributed by atoms with Crippen molar-refractivity contribution in [1.82, 2.24) is 0 Å². The molecule has 0 spiro atoms. The standard InChI is InChI=1S/C13H20N2O3/c1-2-3-4-5-6-9-14-12-8-7-11(16)10-13(12)15(17)18/h7-8,10,14,16H,2-6,9H2,1H3. The Morgan fingerprint density at radius 3 is 2.67 bits per heavy atom. The molecule has 0 unspecified atom stereocenters. The molecule has 1 rings (SSSR count). The monoisotopic (exact) mass is 252 g/mol. The Balaban J connectivity index is 2.44. The number of nitrogens with zero attached hydrogens (tertiary/aromatic N) is 1. The molecule has 0 fully saturated rings. The fraction of sp³-hybridized carbons (Fsp3) is 0.538. The van der Waals surface area contributed by atoms with E-state index in [-0.39, 0.29) is 11.4 Å². The van der Waals surface area contributed by atoms with Crippen LogP contribution >= 0.6 is 0 Å². The van der Waals surface area contributed by atoms with Crippen molar-refractivity contribution in [3.63, 3.8) is 0 Å². The van der Waals surface area contributed by atoms with Crippen LogP contribution in [0, 0.1) is 10.1 Å². The van der Waals surface area contributed by atoms with Gasteiger partial charge in [-0.2, -0.15) is 0 Å². The van der Waals surface area contributed by atoms with Gasteiger partial charge < -0.3 is 10.4 Å². The molecule has 0 saturated carbocycles. The van der Waals surface area contributed by atoms with Gasteiger partial charge in [0.15, 0.2) is 0 Å². The van der Waals surface area contributed by atoms with Crippen LogP contribution in [0.2, 0.25) is 0 Å². The third-order valence-electron chi connectivity index (χ3n) is 2.77. The summed E-state index contributed by atoms with van der Waals surface area (Å²) in [5.41, 5.74) is 0.386. The van der Waals surface area contributed by atoms with E-state index >= 15 is 0 Å². The summed E-state index contributed by atoms with van der Waals surface area (Å²) in [6.45, 7) is 2.88. The Labute approximate surface area is 107 Å². The van der Waals surface area contributed by atoms with Crippen LogP contribution in [-0.4, -0.2) is 16.6 Å². The number of rotatable bonds is 8. The van der Waals surface area contributed by atoms with Crippen molar-refractivity contribution in [2.24, 2.45) is 0 Å². The maximum atomic E-state index is 10.8. The van der Waals surface area contributed by atoms with E-state index in [0.29, 0.717) is 5.69 Å². The van der Waals surface area contributed by atoms with Crippen LogP contribution in [0.4, 0.5) is 11.4 Å². The molecule has 5 nitrogen and oxygen atoms in total. The van der Waals surface area contributed by atoms with E-state index in [4.69, 9.17) is 0 Å². The summed E-state index contributed by atoms with van der Waals surface area (Å²) >= 11 is 0. The zero-order valence-corrected chi connectivity index (χ0v) is 10.7. The van der Waals surface area contributed by atoms with Crippen LogP contribution in [0.1, 0.15) is 39.0 Å². The minimum atomic E-state index is -0.487. The van der Waals surface area contributed by atoms with Crippen LogP contribution in [0.5, 0.6) is 5.75 Å². The maximum Gasteiger partial charge on any atom is 0.296 e. The van der Waals surface area contributed by atoms with Crippen molar-refractivity contribution < 1.29 is 10.0 Å². The SMILES string of the molecule is CCCCCCCNc1ccc(O)cc1[N+](=O)[O-]. The molecule has 0 aliphatic carbocycles. The van der Waals surface area contributed by atoms with Gasteiger partial charge in [0, 0.05) is 6.54 Å². The lowest BCUT2D eigenvalue weighted by Crippen LogP contribution is -2.04. The Kier molecular flexibility index (Phi) is 5.97. The number of aromatic hydroxyl groups is 1. The van der Waals surface area contributed by atoms with Gasteiger partial charge in [-0.3, -0.25) is 10.1 Å². The van der Waals surface area contributed by atoms with E-state index in [1.807, 2.05) is 0 Å². The van der Waals surface area contributed by atoms with E-state index in [2.05, 4.69) is 12.2 Å². The molecule has 0 aromatic heterocycles. The largest absolute Gasteiger partial charge is 0.508 e. The second kappa shape index (κ2) is 7.53. The second-order valence-corrected chi connectivity index (χ2v) is 4.30. The molecule has 0 radical (unpaired) electrons. The summed E-state index contributed by atoms with van der Waals surface area (Å²) in [7, 11) is 0. The third kappa shape index (κ3) is 4.61. The fourth-order valence-corrected chi connectivity index (χ4v) is 1.77. The number of hydrogen-bond donors (Lipinski definition) is 2. The highest BCUT2D eigenvalue weighted by atomic mass is 16.6. The molecule has 0 atom stereocenters. The third-order valence-corrected chi connectivity index (χ3v) is 2.77. The number of anilines is 1. The van der Waals surface area contributed by atoms with E-state index in [1.165, 1.54) is 31.4 Å². The molecule has 18 heavy (non-hydrogen) atoms. The summed E-state index contributed by atoms with van der Waals surface area (Å²) in [5, 5.41) is 23.1. The molecule has 0 aliphatic heterocycles. The van der Waals surface area contributed by atoms with Gasteiger partial charge in [-0.25, -0.2) is 0 Å². The van der Waals surface area contributed by atoms with E-state index in [0.717, 1.165) is 19.4 Å². The molecule has 0 aliphatic rings. The van der Waals surface area contributed by atoms with Crippen LogP contribution in [0.25, 0.3) is 0 Å². The Morgan fingerprint density at radius 1 is 1.28 bits per heavy atom. The van der Waals surface area contributed by atoms with Crippen molar-refractivity contribution in [1.29, 1.82) is 0 Å². The minimum absolute atomic E-state index is 0.0800. The number of nitro groups is 1. The summed E-state index contributed by atoms with van der Waals surface area (Å²) < 4.78 is 0. The molecule has 100 valence electrons. The van der Waals surface area contributed by atoms with Gasteiger partial charge in [-0.05, 0) is 18.6 Å². The number of phenols is 1. The zero-order chi connectivity index (χ0) is 13.4. The lowest BCUT2D eigenvalue weighted by atomic mass is 10.1. The average molecular weight is 252 g/mol. The topological polar surface area (TPSA) is 75.4 Å². The molecule has 1 aromatic carbocycles. The van der Waals surface area contributed by atoms with Gasteiger partial charge in [0.2, 0.25) is 0 Å². The quantitative estimate of drug-likeness (QED) is 0.320. The molecule has 0 saturated heterocycles. The smallest absolute Gasteiger partial charge is 0.296 e. The lowest BCUT2D eigenvalue weighted by molar-refractivity contribution is -0.384. The first-order chi connectivity index (χ1) is 8.65. The van der Waals surface area contributed by atoms with Crippen LogP contribution in [0.15, 0.2) is 18.2 Å². The number of phenolic OH excluding ortho intramolecular Hbond substituents is 1. The van der Waals surface area contributed by atoms with Crippen LogP contribution in [-0.2, 0) is 0 Å². The molecular weight excluding hydrogens is 232 g/mol. The van der Waals surface area contributed by atoms with Crippen LogP contribution < -0.4 is 5.32 Å². The van der Waals surface area contributed by atoms with Crippen molar-refractivity contribution >= 4 is 11.4 Å². The van der Waals surface area contributed by atoms with Gasteiger partial charge in [0.1, 0.15) is 11.4 Å². The van der Waals surface area contributed by atoms with Crippen molar-refractivity contribution in [3.05, 3.63) is 28.3 Å². The molecular formula is C13H20N2O3. The van der Waals surface area contributed by atoms with Gasteiger partial charge >= 0.3 is 0 Å². The first-order valence-electron chi connectivity index (χ1n) is 6.36. The minimum Gasteiger partial charge on any atom is -0.508 e. The summed E-state index contributed by atoms with van der Waals surface area (Å²) in [6.07, 6.45) is 5.77. The summed E-state index contributed by atoms with van der Waals surface area (Å²) in [4.78, 5) is 10.3. The first-order valence-corrected chi connectivity index (χ1v) is 6.36. The number of benzene rings is 1. The Bertz CT molecular complexity index is 394. The normalized spacial score (nSPS) is 10.3. The predicted octanol–water partition coefficient (Wildman–Crippen LogP) is 3.68. The highest BCUT2D eigenvalue weighted by Gasteiger charge is 2.13. The van der Waals surface area contributed by atoms with Crippen molar-refractivity contribution in [2.45, 2.75) is 39.0 Å². The van der Waals surface area contributed by atoms with Gasteiger partial charge in [0.05, 0.1) is 11.0 Å². The fourth-order valence-electron chi connectivity index (χ4n) is 1.77. The number of unbranched alkanes of at least 4 members (excludes halogenated alkanes) is 4. The Morgan fingerprint density at radius 2 is 2.00 bits per heavy atom. The molecule has 1 aromatic rings. The van der Waals surface area contributed by atoms with Crippen molar-refractivity contribution in [3.8, 4) is 5.75 Å². The van der Waals surface area contributed by atoms with Gasteiger partial charge in [-0.1, -0.05) is 32.6 Å². The maximum absolute atomic E-state index is 10.8. The molecule has 0 bridgehead atoms. The zero-order valence-electron chi connectivity index (χ0n) is 10.7. The number of nitrogens with one attached hydrogen (secondary N) is 1. The summed E-state index contributed by atoms with van der Waals surface area (Å²) in [5.74, 6) is -0.0878. The lowest BCUT2D eigenvalue weighted by Gasteiger charge is -2.07. The van der Waals surface area contributed by atoms with Gasteiger partial charge in [-0.15, -0.1) is 0 Å².